The molecule has 0 saturated heterocycles. The van der Waals surface area contributed by atoms with E-state index in [-0.39, 0.29) is 5.78 Å². The maximum Gasteiger partial charge on any atom is 0.409 e. The van der Waals surface area contributed by atoms with Crippen LogP contribution in [0.5, 0.6) is 0 Å². The van der Waals surface area contributed by atoms with Crippen molar-refractivity contribution in [3.05, 3.63) is 12.3 Å². The van der Waals surface area contributed by atoms with Gasteiger partial charge in [0.15, 0.2) is 5.78 Å². The van der Waals surface area contributed by atoms with Gasteiger partial charge < -0.3 is 10.5 Å². The van der Waals surface area contributed by atoms with Gasteiger partial charge in [-0.3, -0.25) is 4.79 Å². The first-order chi connectivity index (χ1) is 4.13. The standard InChI is InChI=1S/C5H7NO3/c1-4(7)2-3-9-5(6)8/h2-3H,1H3,(H2,6,8)/b3-2+. The van der Waals surface area contributed by atoms with Gasteiger partial charge in [-0.25, -0.2) is 4.79 Å². The highest BCUT2D eigenvalue weighted by molar-refractivity contribution is 5.87. The normalized spacial score (nSPS) is 9.44. The van der Waals surface area contributed by atoms with Crippen LogP contribution >= 0.6 is 0 Å². The van der Waals surface area contributed by atoms with Crippen molar-refractivity contribution in [1.29, 1.82) is 0 Å². The summed E-state index contributed by atoms with van der Waals surface area (Å²) in [5.74, 6) is -0.198. The number of primary amides is 1. The smallest absolute Gasteiger partial charge is 0.409 e. The van der Waals surface area contributed by atoms with E-state index in [0.717, 1.165) is 12.3 Å². The highest BCUT2D eigenvalue weighted by atomic mass is 16.5. The molecule has 0 aromatic heterocycles. The van der Waals surface area contributed by atoms with Crippen LogP contribution in [0.15, 0.2) is 12.3 Å². The first-order valence-electron chi connectivity index (χ1n) is 2.26. The van der Waals surface area contributed by atoms with Crippen molar-refractivity contribution in [3.8, 4) is 0 Å². The maximum atomic E-state index is 10.1. The van der Waals surface area contributed by atoms with Crippen molar-refractivity contribution >= 4 is 11.9 Å². The third-order valence-electron chi connectivity index (χ3n) is 0.487. The average molecular weight is 129 g/mol. The highest BCUT2D eigenvalue weighted by Gasteiger charge is 1.86. The molecule has 1 amide bonds. The summed E-state index contributed by atoms with van der Waals surface area (Å²) in [6.07, 6.45) is 1.13. The topological polar surface area (TPSA) is 69.4 Å². The zero-order valence-electron chi connectivity index (χ0n) is 4.96. The molecule has 0 fully saturated rings. The molecule has 0 aliphatic heterocycles. The van der Waals surface area contributed by atoms with Gasteiger partial charge >= 0.3 is 6.09 Å². The molecule has 0 spiro atoms. The lowest BCUT2D eigenvalue weighted by Crippen LogP contribution is -2.08. The molecule has 0 atom stereocenters. The summed E-state index contributed by atoms with van der Waals surface area (Å²) in [7, 11) is 0. The number of amides is 1. The van der Waals surface area contributed by atoms with Crippen molar-refractivity contribution in [2.24, 2.45) is 5.73 Å². The van der Waals surface area contributed by atoms with Crippen molar-refractivity contribution < 1.29 is 14.3 Å². The minimum Gasteiger partial charge on any atom is -0.418 e. The molecule has 4 heteroatoms. The van der Waals surface area contributed by atoms with Gasteiger partial charge in [-0.05, 0) is 6.92 Å². The van der Waals surface area contributed by atoms with Gasteiger partial charge in [-0.15, -0.1) is 0 Å². The van der Waals surface area contributed by atoms with Crippen molar-refractivity contribution in [3.63, 3.8) is 0 Å². The molecule has 0 aliphatic rings. The summed E-state index contributed by atoms with van der Waals surface area (Å²) >= 11 is 0. The van der Waals surface area contributed by atoms with Crippen LogP contribution in [0, 0.1) is 0 Å². The third-order valence-corrected chi connectivity index (χ3v) is 0.487. The van der Waals surface area contributed by atoms with Crippen LogP contribution in [0.2, 0.25) is 0 Å². The van der Waals surface area contributed by atoms with E-state index in [1.54, 1.807) is 0 Å². The second kappa shape index (κ2) is 3.65. The second-order valence-electron chi connectivity index (χ2n) is 1.35. The van der Waals surface area contributed by atoms with Crippen LogP contribution in [-0.2, 0) is 9.53 Å². The Morgan fingerprint density at radius 1 is 1.56 bits per heavy atom. The van der Waals surface area contributed by atoms with Gasteiger partial charge in [0, 0.05) is 6.08 Å². The predicted molar refractivity (Wildman–Crippen MR) is 30.5 cm³/mol. The fourth-order valence-electron chi connectivity index (χ4n) is 0.197. The summed E-state index contributed by atoms with van der Waals surface area (Å²) in [4.78, 5) is 19.9. The SMILES string of the molecule is CC(=O)/C=C/OC(N)=O. The molecule has 0 aliphatic carbocycles. The monoisotopic (exact) mass is 129 g/mol. The highest BCUT2D eigenvalue weighted by Crippen LogP contribution is 1.77. The average Bonchev–Trinajstić information content (AvgIpc) is 1.63. The fourth-order valence-corrected chi connectivity index (χ4v) is 0.197. The number of carbonyl (C=O) groups excluding carboxylic acids is 2. The zero-order chi connectivity index (χ0) is 7.28. The Labute approximate surface area is 52.3 Å². The molecule has 0 saturated carbocycles. The van der Waals surface area contributed by atoms with E-state index in [4.69, 9.17) is 0 Å². The summed E-state index contributed by atoms with van der Waals surface area (Å²) in [5, 5.41) is 0. The number of nitrogens with two attached hydrogens (primary N) is 1. The van der Waals surface area contributed by atoms with E-state index < -0.39 is 6.09 Å². The molecule has 0 unspecified atom stereocenters. The number of carbonyl (C=O) groups is 2. The lowest BCUT2D eigenvalue weighted by molar-refractivity contribution is -0.112. The Morgan fingerprint density at radius 2 is 2.11 bits per heavy atom. The van der Waals surface area contributed by atoms with E-state index in [2.05, 4.69) is 10.5 Å². The quantitative estimate of drug-likeness (QED) is 0.427. The maximum absolute atomic E-state index is 10.1. The fraction of sp³-hybridized carbons (Fsp3) is 0.200. The number of hydrogen-bond acceptors (Lipinski definition) is 3. The first kappa shape index (κ1) is 7.68. The summed E-state index contributed by atoms with van der Waals surface area (Å²) in [5.41, 5.74) is 4.55. The molecule has 0 rings (SSSR count). The summed E-state index contributed by atoms with van der Waals surface area (Å²) < 4.78 is 4.09. The lowest BCUT2D eigenvalue weighted by Gasteiger charge is -1.86. The largest absolute Gasteiger partial charge is 0.418 e. The Balaban J connectivity index is 3.48. The van der Waals surface area contributed by atoms with Gasteiger partial charge in [0.25, 0.3) is 0 Å². The summed E-state index contributed by atoms with van der Waals surface area (Å²) in [6, 6.07) is 0. The predicted octanol–water partition coefficient (Wildman–Crippen LogP) is 0.184. The Hall–Kier alpha value is -1.32. The van der Waals surface area contributed by atoms with Crippen molar-refractivity contribution in [2.75, 3.05) is 0 Å². The molecule has 0 aromatic carbocycles. The molecule has 9 heavy (non-hydrogen) atoms. The van der Waals surface area contributed by atoms with Crippen molar-refractivity contribution in [1.82, 2.24) is 0 Å². The van der Waals surface area contributed by atoms with Crippen LogP contribution in [0.25, 0.3) is 0 Å². The second-order valence-corrected chi connectivity index (χ2v) is 1.35. The van der Waals surface area contributed by atoms with E-state index in [1.807, 2.05) is 0 Å². The van der Waals surface area contributed by atoms with Gasteiger partial charge in [0.05, 0.1) is 6.26 Å². The van der Waals surface area contributed by atoms with Crippen LogP contribution in [0.4, 0.5) is 4.79 Å². The molecule has 0 radical (unpaired) electrons. The Bertz CT molecular complexity index is 150. The van der Waals surface area contributed by atoms with Gasteiger partial charge in [-0.1, -0.05) is 0 Å². The molecule has 0 bridgehead atoms. The van der Waals surface area contributed by atoms with Crippen LogP contribution < -0.4 is 5.73 Å². The van der Waals surface area contributed by atoms with Crippen molar-refractivity contribution in [2.45, 2.75) is 6.92 Å². The number of ether oxygens (including phenoxy) is 1. The molecule has 2 N–H and O–H groups in total. The Morgan fingerprint density at radius 3 is 2.44 bits per heavy atom. The lowest BCUT2D eigenvalue weighted by atomic mass is 10.4. The molecular formula is C5H7NO3. The van der Waals surface area contributed by atoms with Crippen LogP contribution in [-0.4, -0.2) is 11.9 Å². The molecule has 0 aromatic rings. The molecule has 4 nitrogen and oxygen atoms in total. The minimum atomic E-state index is -0.924. The van der Waals surface area contributed by atoms with Gasteiger partial charge in [0.2, 0.25) is 0 Å². The van der Waals surface area contributed by atoms with E-state index in [9.17, 15) is 9.59 Å². The summed E-state index contributed by atoms with van der Waals surface area (Å²) in [6.45, 7) is 1.33. The third kappa shape index (κ3) is 6.68. The number of allylic oxidation sites excluding steroid dienone is 1. The van der Waals surface area contributed by atoms with Crippen LogP contribution in [0.3, 0.4) is 0 Å². The number of hydrogen-bond donors (Lipinski definition) is 1. The van der Waals surface area contributed by atoms with Crippen LogP contribution in [0.1, 0.15) is 6.92 Å². The molecule has 50 valence electrons. The number of ketones is 1. The first-order valence-corrected chi connectivity index (χ1v) is 2.26. The molecular weight excluding hydrogens is 122 g/mol. The van der Waals surface area contributed by atoms with E-state index in [1.165, 1.54) is 6.92 Å². The van der Waals surface area contributed by atoms with Gasteiger partial charge in [-0.2, -0.15) is 0 Å². The molecule has 0 heterocycles. The Kier molecular flexibility index (Phi) is 3.12. The number of rotatable bonds is 2. The van der Waals surface area contributed by atoms with E-state index in [0.29, 0.717) is 0 Å². The van der Waals surface area contributed by atoms with Gasteiger partial charge in [0.1, 0.15) is 0 Å². The van der Waals surface area contributed by atoms with E-state index >= 15 is 0 Å². The zero-order valence-corrected chi connectivity index (χ0v) is 4.96. The minimum absolute atomic E-state index is 0.198.